The van der Waals surface area contributed by atoms with Gasteiger partial charge in [0.2, 0.25) is 11.9 Å². The topological polar surface area (TPSA) is 105 Å². The molecule has 0 spiro atoms. The van der Waals surface area contributed by atoms with Gasteiger partial charge in [0.15, 0.2) is 17.5 Å². The first-order valence-electron chi connectivity index (χ1n) is 49.3. The highest BCUT2D eigenvalue weighted by Gasteiger charge is 2.33. The molecule has 0 unspecified atom stereocenters. The van der Waals surface area contributed by atoms with Gasteiger partial charge in [0.25, 0.3) is 0 Å². The fourth-order valence-electron chi connectivity index (χ4n) is 23.0. The Hall–Kier alpha value is -19.6. The van der Waals surface area contributed by atoms with Gasteiger partial charge in [-0.05, 0) is 241 Å². The summed E-state index contributed by atoms with van der Waals surface area (Å²) in [6, 6.07) is 177. The van der Waals surface area contributed by atoms with E-state index in [9.17, 15) is 0 Å². The lowest BCUT2D eigenvalue weighted by atomic mass is 9.90. The van der Waals surface area contributed by atoms with E-state index in [-0.39, 0.29) is 0 Å². The standard InChI is InChI=1S/C48H29N3.C44H27N3.C43H26N4/c1-3-13-30(14-4-1)32-17-11-18-34(27-32)47-48(50-41-23-10-9-22-40(41)49-47)51-42-24-12-21-38-36-19-7-8-20-37(36)39-29-35(31-15-5-2-6-16-31)28-33-25-26-43(51)46(44(33)39)45(38)42;1-4-13-28(14-5-1)32-25-31-23-24-40-43-41(31)36(26-32)34-20-11-10-19-33(34)35-21-12-22-39(42(35)43)47(40)44-45-37(29-15-6-2-7-16-29)27-38(46-44)30-17-8-3-9-18-30;1-4-13-27(14-5-1)31-25-30-23-24-37-40-38(30)35(26-31)33-20-11-10-19-32(33)34-21-12-22-36(39(34)40)47(37)43-45-41(28-15-6-2-7-16-28)44-42(46-43)29-17-8-3-9-18-29/h1-29H;1-27H;1-26H. The molecule has 0 atom stereocenters. The smallest absolute Gasteiger partial charge is 0.238 e. The van der Waals surface area contributed by atoms with Gasteiger partial charge in [-0.25, -0.2) is 24.9 Å². The molecule has 10 heteroatoms. The molecule has 0 amide bonds. The zero-order valence-electron chi connectivity index (χ0n) is 78.3. The minimum atomic E-state index is 0.602. The maximum absolute atomic E-state index is 5.45. The summed E-state index contributed by atoms with van der Waals surface area (Å²) in [7, 11) is 0. The van der Waals surface area contributed by atoms with E-state index in [1.807, 2.05) is 60.7 Å². The molecular formula is C135H82N10. The average molecular weight is 1840 g/mol. The Morgan fingerprint density at radius 3 is 0.793 bits per heavy atom. The van der Waals surface area contributed by atoms with E-state index in [1.165, 1.54) is 170 Å². The molecular weight excluding hydrogens is 1760 g/mol. The summed E-state index contributed by atoms with van der Waals surface area (Å²) in [6.07, 6.45) is 0. The largest absolute Gasteiger partial charge is 0.292 e. The molecule has 0 saturated heterocycles. The van der Waals surface area contributed by atoms with Crippen LogP contribution >= 0.6 is 0 Å². The number of hydrogen-bond acceptors (Lipinski definition) is 7. The minimum absolute atomic E-state index is 0.602. The van der Waals surface area contributed by atoms with Crippen LogP contribution in [0.25, 0.3) is 294 Å². The van der Waals surface area contributed by atoms with Gasteiger partial charge in [0.05, 0.1) is 55.5 Å². The van der Waals surface area contributed by atoms with Gasteiger partial charge in [-0.2, -0.15) is 9.97 Å². The van der Waals surface area contributed by atoms with Crippen molar-refractivity contribution in [2.45, 2.75) is 0 Å². The normalized spacial score (nSPS) is 11.9. The van der Waals surface area contributed by atoms with E-state index in [4.69, 9.17) is 34.9 Å². The predicted octanol–water partition coefficient (Wildman–Crippen LogP) is 34.7. The van der Waals surface area contributed by atoms with Crippen molar-refractivity contribution < 1.29 is 0 Å². The third-order valence-electron chi connectivity index (χ3n) is 29.4. The van der Waals surface area contributed by atoms with Gasteiger partial charge in [-0.3, -0.25) is 13.7 Å². The lowest BCUT2D eigenvalue weighted by Gasteiger charge is -2.17. The first-order chi connectivity index (χ1) is 71.9. The van der Waals surface area contributed by atoms with Crippen LogP contribution < -0.4 is 0 Å². The highest BCUT2D eigenvalue weighted by molar-refractivity contribution is 6.34. The van der Waals surface area contributed by atoms with Crippen LogP contribution in [0.15, 0.2) is 497 Å². The van der Waals surface area contributed by atoms with Crippen molar-refractivity contribution >= 4 is 109 Å². The summed E-state index contributed by atoms with van der Waals surface area (Å²) in [5.74, 6) is 3.38. The Kier molecular flexibility index (Phi) is 19.1. The molecule has 3 aliphatic rings. The van der Waals surface area contributed by atoms with Crippen molar-refractivity contribution in [3.63, 3.8) is 0 Å². The van der Waals surface area contributed by atoms with Gasteiger partial charge in [-0.1, -0.05) is 400 Å². The fraction of sp³-hybridized carbons (Fsp3) is 0. The van der Waals surface area contributed by atoms with Crippen LogP contribution in [0.4, 0.5) is 0 Å². The molecule has 0 aliphatic heterocycles. The molecule has 6 heterocycles. The summed E-state index contributed by atoms with van der Waals surface area (Å²) >= 11 is 0. The van der Waals surface area contributed by atoms with E-state index in [2.05, 4.69) is 450 Å². The SMILES string of the molecule is c1ccc(-c2cc3c4c(ccc5c4c4c(cccc4n5-c4nc(-c5ccccc5)cc(-c5ccccc5)n4)-c4ccccc4-3)c2)cc1.c1ccc(-c2cc3c4c(ccc5c4c4c(cccc4n5-c4nc(-c5ccccc5)nc(-c5ccccc5)n4)-c4ccccc4-3)c2)cc1.c1ccc(-c2cccc(-c3nc4ccccc4nc3-n3c4cccc5c4c4c6c(cc(-c7ccccc7)cc6ccc43)-c3ccccc3-5)c2)cc1. The number of hydrogen-bond donors (Lipinski definition) is 0. The van der Waals surface area contributed by atoms with Gasteiger partial charge < -0.3 is 0 Å². The Balaban J connectivity index is 0.000000103. The molecule has 28 aromatic rings. The number of benzene rings is 22. The first kappa shape index (κ1) is 82.5. The zero-order chi connectivity index (χ0) is 95.3. The highest BCUT2D eigenvalue weighted by Crippen LogP contribution is 2.56. The summed E-state index contributed by atoms with van der Waals surface area (Å²) in [4.78, 5) is 36.6. The molecule has 0 fully saturated rings. The van der Waals surface area contributed by atoms with Crippen LogP contribution in [0.5, 0.6) is 0 Å². The van der Waals surface area contributed by atoms with Crippen LogP contribution in [0.3, 0.4) is 0 Å². The maximum Gasteiger partial charge on any atom is 0.238 e. The Morgan fingerprint density at radius 2 is 0.414 bits per heavy atom. The van der Waals surface area contributed by atoms with Crippen LogP contribution in [0.1, 0.15) is 0 Å². The van der Waals surface area contributed by atoms with Crippen LogP contribution in [0.2, 0.25) is 0 Å². The molecule has 672 valence electrons. The van der Waals surface area contributed by atoms with Gasteiger partial charge in [0.1, 0.15) is 5.69 Å². The molecule has 22 aromatic carbocycles. The van der Waals surface area contributed by atoms with Crippen molar-refractivity contribution in [1.29, 1.82) is 0 Å². The number of aromatic nitrogens is 10. The summed E-state index contributed by atoms with van der Waals surface area (Å²) in [5, 5.41) is 14.9. The van der Waals surface area contributed by atoms with E-state index in [1.54, 1.807) is 0 Å². The molecule has 0 radical (unpaired) electrons. The zero-order valence-corrected chi connectivity index (χ0v) is 78.3. The van der Waals surface area contributed by atoms with Crippen LogP contribution in [0, 0.1) is 0 Å². The molecule has 0 saturated carbocycles. The third-order valence-corrected chi connectivity index (χ3v) is 29.4. The number of para-hydroxylation sites is 2. The summed E-state index contributed by atoms with van der Waals surface area (Å²) < 4.78 is 6.87. The molecule has 10 nitrogen and oxygen atoms in total. The van der Waals surface area contributed by atoms with E-state index in [0.717, 1.165) is 100 Å². The van der Waals surface area contributed by atoms with Crippen molar-refractivity contribution in [2.24, 2.45) is 0 Å². The fourth-order valence-corrected chi connectivity index (χ4v) is 23.0. The van der Waals surface area contributed by atoms with Gasteiger partial charge in [0, 0.05) is 60.1 Å². The highest BCUT2D eigenvalue weighted by atomic mass is 15.2. The van der Waals surface area contributed by atoms with E-state index in [0.29, 0.717) is 23.5 Å². The molecule has 145 heavy (non-hydrogen) atoms. The molecule has 6 aromatic heterocycles. The Bertz CT molecular complexity index is 9680. The monoisotopic (exact) mass is 1840 g/mol. The van der Waals surface area contributed by atoms with Crippen molar-refractivity contribution in [1.82, 2.24) is 48.6 Å². The second kappa shape index (κ2) is 33.6. The van der Waals surface area contributed by atoms with Gasteiger partial charge in [-0.15, -0.1) is 0 Å². The molecule has 0 N–H and O–H groups in total. The van der Waals surface area contributed by atoms with E-state index >= 15 is 0 Å². The summed E-state index contributed by atoms with van der Waals surface area (Å²) in [6.45, 7) is 0. The lowest BCUT2D eigenvalue weighted by molar-refractivity contribution is 0.953. The summed E-state index contributed by atoms with van der Waals surface area (Å²) in [5.41, 5.74) is 40.5. The maximum atomic E-state index is 5.45. The minimum Gasteiger partial charge on any atom is -0.292 e. The molecule has 31 rings (SSSR count). The first-order valence-corrected chi connectivity index (χ1v) is 49.3. The lowest BCUT2D eigenvalue weighted by Crippen LogP contribution is -2.06. The van der Waals surface area contributed by atoms with Gasteiger partial charge >= 0.3 is 0 Å². The molecule has 0 bridgehead atoms. The predicted molar refractivity (Wildman–Crippen MR) is 599 cm³/mol. The van der Waals surface area contributed by atoms with E-state index < -0.39 is 0 Å². The van der Waals surface area contributed by atoms with Crippen molar-refractivity contribution in [3.8, 4) is 186 Å². The van der Waals surface area contributed by atoms with Crippen LogP contribution in [-0.4, -0.2) is 48.6 Å². The second-order valence-electron chi connectivity index (χ2n) is 37.6. The second-order valence-corrected chi connectivity index (χ2v) is 37.6. The quantitative estimate of drug-likeness (QED) is 0.120. The number of rotatable bonds is 12. The Morgan fingerprint density at radius 1 is 0.138 bits per heavy atom. The third kappa shape index (κ3) is 13.5. The van der Waals surface area contributed by atoms with Crippen molar-refractivity contribution in [2.75, 3.05) is 0 Å². The number of fused-ring (bicyclic) bond motifs is 10. The van der Waals surface area contributed by atoms with Crippen LogP contribution in [-0.2, 0) is 0 Å². The number of nitrogens with zero attached hydrogens (tertiary/aromatic N) is 10. The Labute approximate surface area is 834 Å². The molecule has 3 aliphatic carbocycles. The average Bonchev–Trinajstić information content (AvgIpc) is 1.54. The van der Waals surface area contributed by atoms with Crippen molar-refractivity contribution in [3.05, 3.63) is 497 Å².